The first kappa shape index (κ1) is 10.4. The summed E-state index contributed by atoms with van der Waals surface area (Å²) in [6.45, 7) is 2.34. The Hall–Kier alpha value is -1.14. The van der Waals surface area contributed by atoms with Crippen LogP contribution in [0.2, 0.25) is 0 Å². The van der Waals surface area contributed by atoms with Crippen LogP contribution in [-0.4, -0.2) is 19.2 Å². The SMILES string of the molecule is B[PH](C)(c1ccccc1)c1ccccn1. The molecule has 0 aliphatic rings. The zero-order valence-corrected chi connectivity index (χ0v) is 10.1. The Labute approximate surface area is 92.3 Å². The van der Waals surface area contributed by atoms with Gasteiger partial charge in [-0.15, -0.1) is 0 Å². The Morgan fingerprint density at radius 3 is 2.27 bits per heavy atom. The Bertz CT molecular complexity index is 386. The van der Waals surface area contributed by atoms with Crippen molar-refractivity contribution in [1.82, 2.24) is 4.98 Å². The van der Waals surface area contributed by atoms with Gasteiger partial charge in [-0.25, -0.2) is 0 Å². The summed E-state index contributed by atoms with van der Waals surface area (Å²) < 4.78 is 0. The third kappa shape index (κ3) is 2.10. The number of nitrogens with zero attached hydrogens (tertiary/aromatic N) is 1. The van der Waals surface area contributed by atoms with Crippen LogP contribution in [0, 0.1) is 0 Å². The van der Waals surface area contributed by atoms with Gasteiger partial charge in [-0.1, -0.05) is 0 Å². The van der Waals surface area contributed by atoms with Gasteiger partial charge in [0.05, 0.1) is 0 Å². The topological polar surface area (TPSA) is 12.9 Å². The number of pyridine rings is 1. The molecule has 1 heterocycles. The fourth-order valence-corrected chi connectivity index (χ4v) is 3.97. The van der Waals surface area contributed by atoms with Gasteiger partial charge in [-0.05, 0) is 0 Å². The van der Waals surface area contributed by atoms with Crippen LogP contribution < -0.4 is 10.7 Å². The van der Waals surface area contributed by atoms with Crippen LogP contribution in [0.5, 0.6) is 0 Å². The van der Waals surface area contributed by atoms with Crippen molar-refractivity contribution < 1.29 is 0 Å². The standard InChI is InChI=1S/C12H15BNP/c1-15(13,11-7-3-2-4-8-11)12-9-5-6-10-14-12/h2-10,15H,13H2,1H3. The average molecular weight is 215 g/mol. The molecule has 76 valence electrons. The normalized spacial score (nSPS) is 12.3. The van der Waals surface area contributed by atoms with Crippen LogP contribution >= 0.6 is 7.14 Å². The van der Waals surface area contributed by atoms with Gasteiger partial charge >= 0.3 is 91.8 Å². The van der Waals surface area contributed by atoms with E-state index in [4.69, 9.17) is 0 Å². The Morgan fingerprint density at radius 1 is 1.00 bits per heavy atom. The Morgan fingerprint density at radius 2 is 1.67 bits per heavy atom. The van der Waals surface area contributed by atoms with Gasteiger partial charge in [0.1, 0.15) is 0 Å². The van der Waals surface area contributed by atoms with E-state index in [2.05, 4.69) is 61.7 Å². The molecule has 0 amide bonds. The third-order valence-corrected chi connectivity index (χ3v) is 6.15. The molecule has 0 radical (unpaired) electrons. The molecule has 2 aromatic rings. The van der Waals surface area contributed by atoms with Crippen molar-refractivity contribution in [1.29, 1.82) is 0 Å². The van der Waals surface area contributed by atoms with E-state index in [0.717, 1.165) is 0 Å². The second-order valence-corrected chi connectivity index (χ2v) is 8.55. The van der Waals surface area contributed by atoms with Gasteiger partial charge in [0, 0.05) is 0 Å². The molecular weight excluding hydrogens is 200 g/mol. The molecule has 0 saturated heterocycles. The van der Waals surface area contributed by atoms with Gasteiger partial charge in [0.25, 0.3) is 0 Å². The summed E-state index contributed by atoms with van der Waals surface area (Å²) in [7, 11) is 0.771. The fraction of sp³-hybridized carbons (Fsp3) is 0.0833. The maximum atomic E-state index is 4.49. The van der Waals surface area contributed by atoms with Gasteiger partial charge < -0.3 is 0 Å². The van der Waals surface area contributed by atoms with Crippen LogP contribution in [0.15, 0.2) is 54.7 Å². The van der Waals surface area contributed by atoms with E-state index in [1.54, 1.807) is 0 Å². The molecule has 0 saturated carbocycles. The molecular formula is C12H15BNP. The van der Waals surface area contributed by atoms with E-state index < -0.39 is 7.14 Å². The van der Waals surface area contributed by atoms with Crippen molar-refractivity contribution in [2.45, 2.75) is 0 Å². The molecule has 0 aliphatic carbocycles. The predicted molar refractivity (Wildman–Crippen MR) is 72.7 cm³/mol. The minimum absolute atomic E-state index is 1.25. The van der Waals surface area contributed by atoms with Crippen LogP contribution in [0.4, 0.5) is 0 Å². The molecule has 0 bridgehead atoms. The second-order valence-electron chi connectivity index (χ2n) is 4.21. The number of aromatic nitrogens is 1. The Balaban J connectivity index is 2.44. The van der Waals surface area contributed by atoms with Crippen LogP contribution in [-0.2, 0) is 0 Å². The van der Waals surface area contributed by atoms with E-state index in [1.807, 2.05) is 12.3 Å². The van der Waals surface area contributed by atoms with Crippen molar-refractivity contribution in [3.8, 4) is 0 Å². The van der Waals surface area contributed by atoms with Crippen molar-refractivity contribution >= 4 is 25.4 Å². The molecule has 0 unspecified atom stereocenters. The second kappa shape index (κ2) is 4.16. The molecule has 15 heavy (non-hydrogen) atoms. The molecule has 0 spiro atoms. The monoisotopic (exact) mass is 215 g/mol. The summed E-state index contributed by atoms with van der Waals surface area (Å²) in [5.41, 5.74) is 1.25. The zero-order valence-electron chi connectivity index (χ0n) is 9.14. The van der Waals surface area contributed by atoms with E-state index in [0.29, 0.717) is 0 Å². The number of rotatable bonds is 2. The summed E-state index contributed by atoms with van der Waals surface area (Å²) in [6, 6.07) is 16.9. The molecule has 0 atom stereocenters. The molecule has 2 rings (SSSR count). The molecule has 0 fully saturated rings. The summed E-state index contributed by atoms with van der Waals surface area (Å²) in [6.07, 6.45) is 1.88. The van der Waals surface area contributed by atoms with Gasteiger partial charge in [0.2, 0.25) is 0 Å². The van der Waals surface area contributed by atoms with Gasteiger partial charge in [0.15, 0.2) is 0 Å². The van der Waals surface area contributed by atoms with E-state index in [-0.39, 0.29) is 0 Å². The van der Waals surface area contributed by atoms with Crippen LogP contribution in [0.1, 0.15) is 0 Å². The third-order valence-electron chi connectivity index (χ3n) is 2.80. The first-order chi connectivity index (χ1) is 7.21. The first-order valence-corrected chi connectivity index (χ1v) is 8.18. The van der Waals surface area contributed by atoms with Crippen molar-refractivity contribution in [3.63, 3.8) is 0 Å². The quantitative estimate of drug-likeness (QED) is 0.537. The minimum atomic E-state index is -1.57. The summed E-state index contributed by atoms with van der Waals surface area (Å²) >= 11 is 0. The van der Waals surface area contributed by atoms with Crippen molar-refractivity contribution in [2.75, 3.05) is 6.66 Å². The van der Waals surface area contributed by atoms with Gasteiger partial charge in [-0.2, -0.15) is 0 Å². The molecule has 1 aromatic heterocycles. The summed E-state index contributed by atoms with van der Waals surface area (Å²) in [5.74, 6) is 0. The van der Waals surface area contributed by atoms with Crippen molar-refractivity contribution in [3.05, 3.63) is 54.7 Å². The van der Waals surface area contributed by atoms with E-state index in [9.17, 15) is 0 Å². The number of hydrogen-bond acceptors (Lipinski definition) is 1. The first-order valence-electron chi connectivity index (χ1n) is 5.18. The van der Waals surface area contributed by atoms with Gasteiger partial charge in [-0.3, -0.25) is 0 Å². The molecule has 0 N–H and O–H groups in total. The van der Waals surface area contributed by atoms with E-state index >= 15 is 0 Å². The van der Waals surface area contributed by atoms with E-state index in [1.165, 1.54) is 10.7 Å². The zero-order chi connectivity index (χ0) is 10.7. The molecule has 1 aromatic carbocycles. The maximum absolute atomic E-state index is 4.49. The number of benzene rings is 1. The van der Waals surface area contributed by atoms with Crippen molar-refractivity contribution in [2.24, 2.45) is 0 Å². The molecule has 3 heteroatoms. The van der Waals surface area contributed by atoms with Crippen LogP contribution in [0.25, 0.3) is 0 Å². The average Bonchev–Trinajstić information content (AvgIpc) is 2.31. The summed E-state index contributed by atoms with van der Waals surface area (Å²) in [5, 5.41) is 1.43. The predicted octanol–water partition coefficient (Wildman–Crippen LogP) is 0.960. The van der Waals surface area contributed by atoms with Crippen LogP contribution in [0.3, 0.4) is 0 Å². The number of hydrogen-bond donors (Lipinski definition) is 0. The molecule has 1 nitrogen and oxygen atoms in total. The Kier molecular flexibility index (Phi) is 2.88. The molecule has 0 aliphatic heterocycles. The summed E-state index contributed by atoms with van der Waals surface area (Å²) in [4.78, 5) is 4.49. The fourth-order valence-electron chi connectivity index (χ4n) is 1.74.